The second kappa shape index (κ2) is 5.63. The molecule has 2 aromatic carbocycles. The molecule has 0 unspecified atom stereocenters. The minimum Gasteiger partial charge on any atom is -0.349 e. The fourth-order valence-corrected chi connectivity index (χ4v) is 4.50. The van der Waals surface area contributed by atoms with Crippen molar-refractivity contribution < 1.29 is 13.2 Å². The van der Waals surface area contributed by atoms with E-state index in [0.29, 0.717) is 30.3 Å². The summed E-state index contributed by atoms with van der Waals surface area (Å²) in [5, 5.41) is 2.96. The molecular weight excluding hydrogens is 324 g/mol. The van der Waals surface area contributed by atoms with Gasteiger partial charge in [0.2, 0.25) is 0 Å². The van der Waals surface area contributed by atoms with Crippen LogP contribution in [-0.2, 0) is 16.4 Å². The maximum atomic E-state index is 12.8. The van der Waals surface area contributed by atoms with Crippen molar-refractivity contribution in [2.45, 2.75) is 30.2 Å². The highest BCUT2D eigenvalue weighted by Crippen LogP contribution is 2.33. The Bertz CT molecular complexity index is 890. The average Bonchev–Trinajstić information content (AvgIpc) is 3.30. The van der Waals surface area contributed by atoms with Gasteiger partial charge < -0.3 is 5.32 Å². The highest BCUT2D eigenvalue weighted by atomic mass is 32.2. The van der Waals surface area contributed by atoms with Gasteiger partial charge in [0.05, 0.1) is 10.6 Å². The number of hydrogen-bond acceptors (Lipinski definition) is 3. The Labute approximate surface area is 141 Å². The van der Waals surface area contributed by atoms with Crippen molar-refractivity contribution in [2.75, 3.05) is 10.8 Å². The van der Waals surface area contributed by atoms with Crippen LogP contribution >= 0.6 is 0 Å². The summed E-state index contributed by atoms with van der Waals surface area (Å²) in [6, 6.07) is 14.0. The first kappa shape index (κ1) is 15.2. The van der Waals surface area contributed by atoms with E-state index in [1.165, 1.54) is 4.31 Å². The van der Waals surface area contributed by atoms with Gasteiger partial charge in [-0.3, -0.25) is 9.10 Å². The lowest BCUT2D eigenvalue weighted by Crippen LogP contribution is -2.29. The van der Waals surface area contributed by atoms with Crippen LogP contribution in [-0.4, -0.2) is 26.9 Å². The van der Waals surface area contributed by atoms with Crippen LogP contribution < -0.4 is 9.62 Å². The molecule has 0 bridgehead atoms. The average molecular weight is 342 g/mol. The molecule has 1 heterocycles. The van der Waals surface area contributed by atoms with E-state index in [-0.39, 0.29) is 10.8 Å². The number of amides is 1. The molecule has 1 aliphatic heterocycles. The molecule has 0 saturated heterocycles. The fourth-order valence-electron chi connectivity index (χ4n) is 2.98. The summed E-state index contributed by atoms with van der Waals surface area (Å²) < 4.78 is 27.1. The number of nitrogens with zero attached hydrogens (tertiary/aromatic N) is 1. The highest BCUT2D eigenvalue weighted by molar-refractivity contribution is 7.92. The molecule has 4 rings (SSSR count). The summed E-state index contributed by atoms with van der Waals surface area (Å²) in [6.45, 7) is 0.403. The quantitative estimate of drug-likeness (QED) is 0.927. The summed E-state index contributed by atoms with van der Waals surface area (Å²) in [5.74, 6) is -0.0790. The van der Waals surface area contributed by atoms with Crippen LogP contribution in [0.25, 0.3) is 0 Å². The van der Waals surface area contributed by atoms with Gasteiger partial charge in [0, 0.05) is 18.2 Å². The van der Waals surface area contributed by atoms with Crippen molar-refractivity contribution in [3.05, 3.63) is 59.7 Å². The number of hydrogen-bond donors (Lipinski definition) is 1. The zero-order valence-corrected chi connectivity index (χ0v) is 13.9. The van der Waals surface area contributed by atoms with E-state index in [4.69, 9.17) is 0 Å². The van der Waals surface area contributed by atoms with Gasteiger partial charge in [0.15, 0.2) is 0 Å². The molecule has 5 nitrogen and oxygen atoms in total. The van der Waals surface area contributed by atoms with Crippen LogP contribution in [0.1, 0.15) is 28.8 Å². The van der Waals surface area contributed by atoms with E-state index >= 15 is 0 Å². The summed E-state index contributed by atoms with van der Waals surface area (Å²) >= 11 is 0. The molecule has 1 fully saturated rings. The van der Waals surface area contributed by atoms with E-state index < -0.39 is 10.0 Å². The largest absolute Gasteiger partial charge is 0.349 e. The maximum Gasteiger partial charge on any atom is 0.264 e. The third kappa shape index (κ3) is 2.67. The molecule has 0 atom stereocenters. The van der Waals surface area contributed by atoms with E-state index in [9.17, 15) is 13.2 Å². The van der Waals surface area contributed by atoms with Crippen molar-refractivity contribution >= 4 is 21.6 Å². The molecule has 1 saturated carbocycles. The molecule has 2 aliphatic rings. The van der Waals surface area contributed by atoms with E-state index in [2.05, 4.69) is 5.32 Å². The molecule has 6 heteroatoms. The normalized spacial score (nSPS) is 16.8. The lowest BCUT2D eigenvalue weighted by Gasteiger charge is -2.19. The Hall–Kier alpha value is -2.34. The number of carbonyl (C=O) groups excluding carboxylic acids is 1. The van der Waals surface area contributed by atoms with Crippen LogP contribution in [0.4, 0.5) is 5.69 Å². The molecule has 2 aromatic rings. The van der Waals surface area contributed by atoms with Crippen LogP contribution in [0.15, 0.2) is 53.4 Å². The Kier molecular flexibility index (Phi) is 3.57. The zero-order chi connectivity index (χ0) is 16.7. The Morgan fingerprint density at radius 2 is 1.83 bits per heavy atom. The standard InChI is InChI=1S/C18H18N2O3S/c21-18(19-15-7-8-15)14-6-9-17-13(12-14)10-11-20(17)24(22,23)16-4-2-1-3-5-16/h1-6,9,12,15H,7-8,10-11H2,(H,19,21). The highest BCUT2D eigenvalue weighted by Gasteiger charge is 2.31. The van der Waals surface area contributed by atoms with Crippen LogP contribution in [0, 0.1) is 0 Å². The lowest BCUT2D eigenvalue weighted by atomic mass is 10.1. The number of fused-ring (bicyclic) bond motifs is 1. The fraction of sp³-hybridized carbons (Fsp3) is 0.278. The molecule has 1 N–H and O–H groups in total. The van der Waals surface area contributed by atoms with Crippen molar-refractivity contribution in [2.24, 2.45) is 0 Å². The monoisotopic (exact) mass is 342 g/mol. The molecule has 124 valence electrons. The first-order chi connectivity index (χ1) is 11.6. The van der Waals surface area contributed by atoms with Crippen LogP contribution in [0.3, 0.4) is 0 Å². The number of nitrogens with one attached hydrogen (secondary N) is 1. The van der Waals surface area contributed by atoms with Gasteiger partial charge in [-0.05, 0) is 55.2 Å². The SMILES string of the molecule is O=C(NC1CC1)c1ccc2c(c1)CCN2S(=O)(=O)c1ccccc1. The van der Waals surface area contributed by atoms with Gasteiger partial charge in [-0.1, -0.05) is 18.2 Å². The number of benzene rings is 2. The first-order valence-corrected chi connectivity index (χ1v) is 9.51. The number of sulfonamides is 1. The second-order valence-corrected chi connectivity index (χ2v) is 8.09. The van der Waals surface area contributed by atoms with Crippen molar-refractivity contribution in [3.63, 3.8) is 0 Å². The van der Waals surface area contributed by atoms with E-state index in [1.54, 1.807) is 42.5 Å². The summed E-state index contributed by atoms with van der Waals surface area (Å²) in [7, 11) is -3.56. The van der Waals surface area contributed by atoms with Gasteiger partial charge in [0.1, 0.15) is 0 Å². The minimum atomic E-state index is -3.56. The van der Waals surface area contributed by atoms with Crippen molar-refractivity contribution in [1.82, 2.24) is 5.32 Å². The first-order valence-electron chi connectivity index (χ1n) is 8.07. The Morgan fingerprint density at radius 1 is 1.08 bits per heavy atom. The van der Waals surface area contributed by atoms with Gasteiger partial charge in [-0.2, -0.15) is 0 Å². The van der Waals surface area contributed by atoms with Gasteiger partial charge in [0.25, 0.3) is 15.9 Å². The van der Waals surface area contributed by atoms with Crippen molar-refractivity contribution in [3.8, 4) is 0 Å². The summed E-state index contributed by atoms with van der Waals surface area (Å²) in [5.41, 5.74) is 2.17. The smallest absolute Gasteiger partial charge is 0.264 e. The Balaban J connectivity index is 1.63. The number of rotatable bonds is 4. The van der Waals surface area contributed by atoms with Gasteiger partial charge in [-0.15, -0.1) is 0 Å². The third-order valence-electron chi connectivity index (χ3n) is 4.44. The topological polar surface area (TPSA) is 66.5 Å². The predicted molar refractivity (Wildman–Crippen MR) is 91.6 cm³/mol. The van der Waals surface area contributed by atoms with E-state index in [1.807, 2.05) is 6.07 Å². The molecular formula is C18H18N2O3S. The van der Waals surface area contributed by atoms with Crippen LogP contribution in [0.2, 0.25) is 0 Å². The van der Waals surface area contributed by atoms with Gasteiger partial charge >= 0.3 is 0 Å². The van der Waals surface area contributed by atoms with Gasteiger partial charge in [-0.25, -0.2) is 8.42 Å². The predicted octanol–water partition coefficient (Wildman–Crippen LogP) is 2.33. The molecule has 1 aliphatic carbocycles. The lowest BCUT2D eigenvalue weighted by molar-refractivity contribution is 0.0951. The van der Waals surface area contributed by atoms with Crippen LogP contribution in [0.5, 0.6) is 0 Å². The summed E-state index contributed by atoms with van der Waals surface area (Å²) in [6.07, 6.45) is 2.70. The summed E-state index contributed by atoms with van der Waals surface area (Å²) in [4.78, 5) is 12.4. The third-order valence-corrected chi connectivity index (χ3v) is 6.27. The number of anilines is 1. The minimum absolute atomic E-state index is 0.0790. The van der Waals surface area contributed by atoms with Crippen molar-refractivity contribution in [1.29, 1.82) is 0 Å². The molecule has 0 radical (unpaired) electrons. The van der Waals surface area contributed by atoms with E-state index in [0.717, 1.165) is 18.4 Å². The zero-order valence-electron chi connectivity index (χ0n) is 13.1. The molecule has 1 amide bonds. The molecule has 0 aromatic heterocycles. The maximum absolute atomic E-state index is 12.8. The molecule has 0 spiro atoms. The molecule has 24 heavy (non-hydrogen) atoms. The number of carbonyl (C=O) groups is 1. The Morgan fingerprint density at radius 3 is 2.54 bits per heavy atom. The second-order valence-electron chi connectivity index (χ2n) is 6.23.